The molecule has 0 aliphatic carbocycles. The van der Waals surface area contributed by atoms with Crippen molar-refractivity contribution in [3.05, 3.63) is 236 Å². The van der Waals surface area contributed by atoms with Crippen LogP contribution in [-0.2, 0) is 96.0 Å². The first kappa shape index (κ1) is 79.6. The summed E-state index contributed by atoms with van der Waals surface area (Å²) in [7, 11) is 1.40. The van der Waals surface area contributed by atoms with Gasteiger partial charge in [-0.25, -0.2) is 42.3 Å². The van der Waals surface area contributed by atoms with Gasteiger partial charge in [0.05, 0.1) is 70.2 Å². The van der Waals surface area contributed by atoms with Crippen molar-refractivity contribution < 1.29 is 60.3 Å². The number of hydrogen-bond donors (Lipinski definition) is 0. The molecular weight excluding hydrogens is 1530 g/mol. The van der Waals surface area contributed by atoms with Gasteiger partial charge < -0.3 is 42.8 Å². The summed E-state index contributed by atoms with van der Waals surface area (Å²) in [5.74, 6) is 5.66. The van der Waals surface area contributed by atoms with E-state index >= 15 is 0 Å². The van der Waals surface area contributed by atoms with Gasteiger partial charge >= 0.3 is 6.09 Å². The van der Waals surface area contributed by atoms with E-state index in [0.29, 0.717) is 116 Å². The second kappa shape index (κ2) is 34.2. The Morgan fingerprint density at radius 2 is 0.857 bits per heavy atom. The fourth-order valence-electron chi connectivity index (χ4n) is 17.7. The molecule has 0 saturated heterocycles. The molecule has 2 atom stereocenters. The zero-order valence-corrected chi connectivity index (χ0v) is 67.7. The monoisotopic (exact) mass is 1620 g/mol. The number of halogens is 4. The van der Waals surface area contributed by atoms with Crippen molar-refractivity contribution in [2.75, 3.05) is 59.8 Å². The zero-order chi connectivity index (χ0) is 82.1. The van der Waals surface area contributed by atoms with Crippen LogP contribution in [0.2, 0.25) is 0 Å². The molecule has 1 amide bonds. The van der Waals surface area contributed by atoms with Gasteiger partial charge in [0.1, 0.15) is 94.9 Å². The summed E-state index contributed by atoms with van der Waals surface area (Å²) in [5, 5.41) is 33.7. The van der Waals surface area contributed by atoms with E-state index in [1.165, 1.54) is 42.5 Å². The summed E-state index contributed by atoms with van der Waals surface area (Å²) in [6.45, 7) is 17.3. The molecular formula is C89H93F4N17O9. The summed E-state index contributed by atoms with van der Waals surface area (Å²) >= 11 is 0. The molecule has 26 nitrogen and oxygen atoms in total. The Kier molecular flexibility index (Phi) is 22.9. The molecule has 0 radical (unpaired) electrons. The molecule has 8 aliphatic heterocycles. The molecule has 4 aromatic carbocycles. The first-order valence-corrected chi connectivity index (χ1v) is 40.8. The second-order valence-electron chi connectivity index (χ2n) is 32.0. The number of carbonyl (C=O) groups is 1. The Morgan fingerprint density at radius 3 is 1.24 bits per heavy atom. The van der Waals surface area contributed by atoms with Crippen LogP contribution < -0.4 is 18.9 Å². The topological polar surface area (TPSA) is 266 Å². The van der Waals surface area contributed by atoms with Crippen LogP contribution in [0, 0.1) is 23.3 Å². The lowest BCUT2D eigenvalue weighted by atomic mass is 9.86. The van der Waals surface area contributed by atoms with Gasteiger partial charge in [-0.1, -0.05) is 18.2 Å². The molecule has 2 unspecified atom stereocenters. The Morgan fingerprint density at radius 1 is 0.462 bits per heavy atom. The number of amides is 1. The predicted molar refractivity (Wildman–Crippen MR) is 434 cm³/mol. The molecule has 20 rings (SSSR count). The quantitative estimate of drug-likeness (QED) is 0.0813. The maximum absolute atomic E-state index is 14.5. The Balaban J connectivity index is 0.000000114. The van der Waals surface area contributed by atoms with Gasteiger partial charge in [0.25, 0.3) is 0 Å². The molecule has 0 fully saturated rings. The number of aromatic nitrogens is 16. The van der Waals surface area contributed by atoms with Gasteiger partial charge in [-0.05, 0) is 192 Å². The van der Waals surface area contributed by atoms with E-state index in [9.17, 15) is 22.4 Å². The molecule has 616 valence electrons. The van der Waals surface area contributed by atoms with Gasteiger partial charge in [-0.2, -0.15) is 0 Å². The number of benzene rings is 4. The maximum atomic E-state index is 14.5. The van der Waals surface area contributed by atoms with Crippen LogP contribution in [0.4, 0.5) is 22.4 Å². The summed E-state index contributed by atoms with van der Waals surface area (Å²) in [6, 6.07) is 12.8. The number of rotatable bonds is 16. The van der Waals surface area contributed by atoms with E-state index < -0.39 is 0 Å². The van der Waals surface area contributed by atoms with E-state index in [2.05, 4.69) is 115 Å². The molecule has 30 heteroatoms. The molecule has 0 N–H and O–H groups in total. The largest absolute Gasteiger partial charge is 0.493 e. The van der Waals surface area contributed by atoms with Crippen molar-refractivity contribution in [3.63, 3.8) is 0 Å². The predicted octanol–water partition coefficient (Wildman–Crippen LogP) is 13.9. The number of carbonyl (C=O) groups excluding carboxylic acids is 1. The van der Waals surface area contributed by atoms with Gasteiger partial charge in [0, 0.05) is 140 Å². The van der Waals surface area contributed by atoms with E-state index in [-0.39, 0.29) is 52.8 Å². The third-order valence-corrected chi connectivity index (χ3v) is 23.1. The smallest absolute Gasteiger partial charge is 0.409 e. The highest BCUT2D eigenvalue weighted by atomic mass is 19.1. The second-order valence-corrected chi connectivity index (χ2v) is 32.0. The van der Waals surface area contributed by atoms with Crippen molar-refractivity contribution >= 4 is 51.0 Å². The minimum atomic E-state index is -0.375. The molecule has 8 aromatic heterocycles. The molecule has 0 bridgehead atoms. The SMILES string of the molecule is CC1(C)C=C(c2cnc(CCc3c(F)ccc4c3CCO4)n3cnnc23)CC(C)(C)O1.CC1C=C(c2cnc(CCc3c(F)ccc4c3CCO4)n3cnnc23)CCO1.CC1CC(c2cnc(CCc3c(F)ccc4c3CCO4)n3cnnc23)=CCO1.COC(=O)N1CCC=C(c2cnc(CCc3c(F)ccc4c3CCO4)n3cnnc23)CC1. The lowest BCUT2D eigenvalue weighted by Crippen LogP contribution is -2.39. The van der Waals surface area contributed by atoms with Gasteiger partial charge in [0.2, 0.25) is 0 Å². The standard InChI is InChI=1S/C24H27FN4O2.C23H24FN5O3.2C21H21FN4O2/c1-23(2)11-15(12-24(3,4)31-23)18-13-26-21(29-14-27-28-22(18)29)8-5-16-17-9-10-30-20(17)7-6-19(16)25;1-31-23(30)28-10-2-3-15(8-11-28)18-13-25-21(29-14-26-27-22(18)29)7-4-16-17-9-12-32-20(17)6-5-19(16)24;2*1-13-10-14(6-8-27-13)17-11-23-20(26-12-24-25-21(17)26)5-2-15-16-7-9-28-19(16)4-3-18(15)22/h6-7,11,13-14H,5,8-10,12H2,1-4H3;3,5-6,13-14H,2,4,7-12H2,1H3;3-4,10-13H,2,5-9H2,1H3;3-4,6,11-13H,2,5,7-10H2,1H3. The highest BCUT2D eigenvalue weighted by molar-refractivity contribution is 5.79. The highest BCUT2D eigenvalue weighted by Crippen LogP contribution is 2.41. The normalized spacial score (nSPS) is 18.1. The lowest BCUT2D eigenvalue weighted by molar-refractivity contribution is -0.100. The van der Waals surface area contributed by atoms with Crippen molar-refractivity contribution in [3.8, 4) is 23.0 Å². The fraction of sp³-hybridized carbons (Fsp3) is 0.404. The molecule has 0 saturated carbocycles. The number of nitrogens with zero attached hydrogens (tertiary/aromatic N) is 17. The van der Waals surface area contributed by atoms with Gasteiger partial charge in [-0.3, -0.25) is 17.6 Å². The van der Waals surface area contributed by atoms with Gasteiger partial charge in [-0.15, -0.1) is 40.8 Å². The number of fused-ring (bicyclic) bond motifs is 8. The summed E-state index contributed by atoms with van der Waals surface area (Å²) < 4.78 is 110. The van der Waals surface area contributed by atoms with Crippen molar-refractivity contribution in [2.24, 2.45) is 0 Å². The molecule has 8 aliphatic rings. The first-order valence-electron chi connectivity index (χ1n) is 40.8. The Labute approximate surface area is 684 Å². The third kappa shape index (κ3) is 16.9. The summed E-state index contributed by atoms with van der Waals surface area (Å²) in [4.78, 5) is 32.3. The Hall–Kier alpha value is -11.9. The number of aryl methyl sites for hydroxylation is 4. The van der Waals surface area contributed by atoms with E-state index in [4.69, 9.17) is 42.9 Å². The van der Waals surface area contributed by atoms with Crippen LogP contribution >= 0.6 is 0 Å². The van der Waals surface area contributed by atoms with E-state index in [0.717, 1.165) is 193 Å². The van der Waals surface area contributed by atoms with Crippen LogP contribution in [0.5, 0.6) is 23.0 Å². The number of methoxy groups -OCH3 is 1. The Bertz CT molecular complexity index is 5990. The van der Waals surface area contributed by atoms with Crippen molar-refractivity contribution in [2.45, 2.75) is 174 Å². The van der Waals surface area contributed by atoms with Crippen LogP contribution in [-0.4, -0.2) is 173 Å². The van der Waals surface area contributed by atoms with Crippen molar-refractivity contribution in [1.29, 1.82) is 0 Å². The van der Waals surface area contributed by atoms with Gasteiger partial charge in [0.15, 0.2) is 22.6 Å². The summed E-state index contributed by atoms with van der Waals surface area (Å²) in [6.07, 6.45) is 33.8. The van der Waals surface area contributed by atoms with Crippen LogP contribution in [0.25, 0.3) is 44.9 Å². The number of hydrogen-bond acceptors (Lipinski definition) is 21. The lowest BCUT2D eigenvalue weighted by Gasteiger charge is -2.40. The molecule has 119 heavy (non-hydrogen) atoms. The number of ether oxygens (including phenoxy) is 8. The zero-order valence-electron chi connectivity index (χ0n) is 67.7. The average molecular weight is 1620 g/mol. The van der Waals surface area contributed by atoms with Crippen LogP contribution in [0.1, 0.15) is 164 Å². The molecule has 16 heterocycles. The molecule has 12 aromatic rings. The first-order chi connectivity index (χ1) is 57.8. The van der Waals surface area contributed by atoms with Crippen molar-refractivity contribution in [1.82, 2.24) is 83.2 Å². The minimum Gasteiger partial charge on any atom is -0.493 e. The van der Waals surface area contributed by atoms with E-state index in [1.54, 1.807) is 54.5 Å². The minimum absolute atomic E-state index is 0.0803. The summed E-state index contributed by atoms with van der Waals surface area (Å²) in [5.41, 5.74) is 17.6. The van der Waals surface area contributed by atoms with E-state index in [1.807, 2.05) is 49.3 Å². The van der Waals surface area contributed by atoms with Crippen LogP contribution in [0.3, 0.4) is 0 Å². The third-order valence-electron chi connectivity index (χ3n) is 23.1. The molecule has 0 spiro atoms. The maximum Gasteiger partial charge on any atom is 0.409 e. The highest BCUT2D eigenvalue weighted by Gasteiger charge is 2.36. The van der Waals surface area contributed by atoms with Crippen LogP contribution in [0.15, 0.2) is 123 Å². The average Bonchev–Trinajstić information content (AvgIpc) is 1.73. The fourth-order valence-corrected chi connectivity index (χ4v) is 17.7.